The Morgan fingerprint density at radius 1 is 1.25 bits per heavy atom. The summed E-state index contributed by atoms with van der Waals surface area (Å²) in [4.78, 5) is 40.2. The maximum atomic E-state index is 12.5. The topological polar surface area (TPSA) is 81.8 Å². The predicted molar refractivity (Wildman–Crippen MR) is 89.3 cm³/mol. The summed E-state index contributed by atoms with van der Waals surface area (Å²) in [6, 6.07) is 0.312. The monoisotopic (exact) mass is 336 g/mol. The Balaban J connectivity index is 1.46. The minimum atomic E-state index is -0.840. The average Bonchev–Trinajstić information content (AvgIpc) is 3.27. The molecular weight excluding hydrogens is 308 g/mol. The Bertz CT molecular complexity index is 528. The average molecular weight is 336 g/mol. The Hall–Kier alpha value is -1.63. The zero-order valence-corrected chi connectivity index (χ0v) is 14.6. The van der Waals surface area contributed by atoms with Crippen LogP contribution in [0.25, 0.3) is 0 Å². The van der Waals surface area contributed by atoms with Gasteiger partial charge in [-0.1, -0.05) is 13.8 Å². The number of likely N-dealkylation sites (tertiary alicyclic amines) is 1. The normalized spacial score (nSPS) is 26.8. The van der Waals surface area contributed by atoms with Gasteiger partial charge in [-0.3, -0.25) is 14.5 Å². The van der Waals surface area contributed by atoms with Crippen LogP contribution in [0, 0.1) is 5.92 Å². The van der Waals surface area contributed by atoms with Crippen LogP contribution in [0.4, 0.5) is 4.79 Å². The highest BCUT2D eigenvalue weighted by Crippen LogP contribution is 2.31. The second-order valence-electron chi connectivity index (χ2n) is 7.30. The fraction of sp³-hybridized carbons (Fsp3) is 0.824. The third-order valence-electron chi connectivity index (χ3n) is 5.72. The molecule has 0 aromatic rings. The van der Waals surface area contributed by atoms with Crippen LogP contribution in [0.1, 0.15) is 46.0 Å². The minimum absolute atomic E-state index is 0.189. The van der Waals surface area contributed by atoms with E-state index in [9.17, 15) is 14.4 Å². The number of nitrogens with one attached hydrogen (secondary N) is 2. The number of nitrogens with zero attached hydrogens (tertiary/aromatic N) is 2. The highest BCUT2D eigenvalue weighted by Gasteiger charge is 2.49. The van der Waals surface area contributed by atoms with Crippen LogP contribution < -0.4 is 10.6 Å². The predicted octanol–water partition coefficient (Wildman–Crippen LogP) is 0.698. The first-order valence-corrected chi connectivity index (χ1v) is 9.14. The quantitative estimate of drug-likeness (QED) is 0.671. The largest absolute Gasteiger partial charge is 0.354 e. The number of amides is 4. The molecule has 0 aromatic heterocycles. The smallest absolute Gasteiger partial charge is 0.325 e. The van der Waals surface area contributed by atoms with Gasteiger partial charge >= 0.3 is 6.03 Å². The van der Waals surface area contributed by atoms with Crippen LogP contribution >= 0.6 is 0 Å². The van der Waals surface area contributed by atoms with Gasteiger partial charge in [-0.15, -0.1) is 0 Å². The van der Waals surface area contributed by atoms with Gasteiger partial charge in [0.2, 0.25) is 5.91 Å². The van der Waals surface area contributed by atoms with Crippen LogP contribution in [0.3, 0.4) is 0 Å². The summed E-state index contributed by atoms with van der Waals surface area (Å²) in [5.74, 6) is -0.0668. The third kappa shape index (κ3) is 3.27. The van der Waals surface area contributed by atoms with E-state index >= 15 is 0 Å². The fourth-order valence-electron chi connectivity index (χ4n) is 3.81. The summed E-state index contributed by atoms with van der Waals surface area (Å²) in [7, 11) is 0. The van der Waals surface area contributed by atoms with Crippen LogP contribution in [-0.4, -0.2) is 65.4 Å². The number of hydrogen-bond acceptors (Lipinski definition) is 4. The van der Waals surface area contributed by atoms with E-state index in [1.165, 1.54) is 12.8 Å². The molecule has 0 spiro atoms. The summed E-state index contributed by atoms with van der Waals surface area (Å²) in [5, 5.41) is 5.64. The molecule has 7 nitrogen and oxygen atoms in total. The lowest BCUT2D eigenvalue weighted by molar-refractivity contribution is -0.135. The molecule has 0 bridgehead atoms. The van der Waals surface area contributed by atoms with Gasteiger partial charge in [-0.2, -0.15) is 0 Å². The number of rotatable bonds is 7. The van der Waals surface area contributed by atoms with Gasteiger partial charge in [-0.25, -0.2) is 4.79 Å². The maximum Gasteiger partial charge on any atom is 0.325 e. The van der Waals surface area contributed by atoms with Gasteiger partial charge in [-0.05, 0) is 44.6 Å². The highest BCUT2D eigenvalue weighted by atomic mass is 16.2. The lowest BCUT2D eigenvalue weighted by Crippen LogP contribution is -2.47. The Kier molecular flexibility index (Phi) is 4.80. The van der Waals surface area contributed by atoms with Crippen molar-refractivity contribution in [3.63, 3.8) is 0 Å². The number of urea groups is 1. The number of imide groups is 1. The van der Waals surface area contributed by atoms with E-state index in [1.807, 2.05) is 13.8 Å². The molecule has 2 N–H and O–H groups in total. The van der Waals surface area contributed by atoms with Gasteiger partial charge in [0, 0.05) is 19.1 Å². The second kappa shape index (κ2) is 6.70. The van der Waals surface area contributed by atoms with Gasteiger partial charge in [0.15, 0.2) is 0 Å². The van der Waals surface area contributed by atoms with Crippen molar-refractivity contribution in [3.05, 3.63) is 0 Å². The summed E-state index contributed by atoms with van der Waals surface area (Å²) in [6.45, 7) is 6.34. The molecule has 0 aromatic carbocycles. The third-order valence-corrected chi connectivity index (χ3v) is 5.72. The maximum absolute atomic E-state index is 12.5. The molecule has 1 aliphatic carbocycles. The molecule has 7 heteroatoms. The van der Waals surface area contributed by atoms with Gasteiger partial charge in [0.05, 0.1) is 0 Å². The van der Waals surface area contributed by atoms with E-state index in [1.54, 1.807) is 0 Å². The van der Waals surface area contributed by atoms with Crippen molar-refractivity contribution in [2.45, 2.75) is 57.5 Å². The Morgan fingerprint density at radius 3 is 2.54 bits per heavy atom. The summed E-state index contributed by atoms with van der Waals surface area (Å²) < 4.78 is 0. The molecule has 24 heavy (non-hydrogen) atoms. The summed E-state index contributed by atoms with van der Waals surface area (Å²) in [5.41, 5.74) is -0.840. The van der Waals surface area contributed by atoms with Crippen molar-refractivity contribution in [3.8, 4) is 0 Å². The standard InChI is InChI=1S/C17H28N4O3/c1-3-17(4-2)15(23)21(16(24)19-17)11-14(22)18-9-12-7-8-20(10-12)13-5-6-13/h12-13H,3-11H2,1-2H3,(H,18,22)(H,19,24). The van der Waals surface area contributed by atoms with Crippen LogP contribution in [-0.2, 0) is 9.59 Å². The lowest BCUT2D eigenvalue weighted by Gasteiger charge is -2.23. The zero-order valence-electron chi connectivity index (χ0n) is 14.6. The van der Waals surface area contributed by atoms with E-state index in [-0.39, 0.29) is 18.4 Å². The van der Waals surface area contributed by atoms with E-state index in [0.717, 1.165) is 30.5 Å². The first-order valence-electron chi connectivity index (χ1n) is 9.14. The van der Waals surface area contributed by atoms with E-state index in [4.69, 9.17) is 0 Å². The molecule has 4 amide bonds. The molecular formula is C17H28N4O3. The summed E-state index contributed by atoms with van der Waals surface area (Å²) >= 11 is 0. The molecule has 134 valence electrons. The molecule has 3 fully saturated rings. The van der Waals surface area contributed by atoms with Crippen LogP contribution in [0.2, 0.25) is 0 Å². The first-order chi connectivity index (χ1) is 11.5. The van der Waals surface area contributed by atoms with E-state index in [2.05, 4.69) is 15.5 Å². The molecule has 1 atom stereocenters. The Labute approximate surface area is 143 Å². The Morgan fingerprint density at radius 2 is 1.96 bits per heavy atom. The molecule has 2 heterocycles. The zero-order chi connectivity index (χ0) is 17.3. The van der Waals surface area contributed by atoms with Crippen molar-refractivity contribution >= 4 is 17.8 Å². The van der Waals surface area contributed by atoms with E-state index < -0.39 is 11.6 Å². The minimum Gasteiger partial charge on any atom is -0.354 e. The number of carbonyl (C=O) groups is 3. The van der Waals surface area contributed by atoms with Gasteiger partial charge in [0.1, 0.15) is 12.1 Å². The van der Waals surface area contributed by atoms with Crippen molar-refractivity contribution < 1.29 is 14.4 Å². The fourth-order valence-corrected chi connectivity index (χ4v) is 3.81. The number of carbonyl (C=O) groups excluding carboxylic acids is 3. The van der Waals surface area contributed by atoms with Gasteiger partial charge < -0.3 is 15.5 Å². The molecule has 2 aliphatic heterocycles. The van der Waals surface area contributed by atoms with Crippen molar-refractivity contribution in [2.75, 3.05) is 26.2 Å². The van der Waals surface area contributed by atoms with Crippen molar-refractivity contribution in [1.82, 2.24) is 20.4 Å². The molecule has 0 radical (unpaired) electrons. The number of hydrogen-bond donors (Lipinski definition) is 2. The molecule has 3 rings (SSSR count). The second-order valence-corrected chi connectivity index (χ2v) is 7.30. The van der Waals surface area contributed by atoms with Crippen LogP contribution in [0.15, 0.2) is 0 Å². The molecule has 3 aliphatic rings. The lowest BCUT2D eigenvalue weighted by atomic mass is 9.93. The van der Waals surface area contributed by atoms with E-state index in [0.29, 0.717) is 25.3 Å². The molecule has 1 saturated carbocycles. The molecule has 2 saturated heterocycles. The highest BCUT2D eigenvalue weighted by molar-refractivity contribution is 6.08. The van der Waals surface area contributed by atoms with Crippen molar-refractivity contribution in [1.29, 1.82) is 0 Å². The molecule has 1 unspecified atom stereocenters. The van der Waals surface area contributed by atoms with Gasteiger partial charge in [0.25, 0.3) is 5.91 Å². The SMILES string of the molecule is CCC1(CC)NC(=O)N(CC(=O)NCC2CCN(C3CC3)C2)C1=O. The van der Waals surface area contributed by atoms with Crippen LogP contribution in [0.5, 0.6) is 0 Å². The summed E-state index contributed by atoms with van der Waals surface area (Å²) in [6.07, 6.45) is 4.79. The van der Waals surface area contributed by atoms with Crippen molar-refractivity contribution in [2.24, 2.45) is 5.92 Å². The first kappa shape index (κ1) is 17.2.